The fourth-order valence-electron chi connectivity index (χ4n) is 2.74. The van der Waals surface area contributed by atoms with E-state index in [0.717, 1.165) is 39.2 Å². The first-order valence-corrected chi connectivity index (χ1v) is 6.37. The summed E-state index contributed by atoms with van der Waals surface area (Å²) in [6, 6.07) is 0. The Balaban J connectivity index is 1.91. The maximum absolute atomic E-state index is 5.95. The van der Waals surface area contributed by atoms with E-state index in [1.165, 1.54) is 12.8 Å². The molecule has 2 heterocycles. The van der Waals surface area contributed by atoms with Crippen LogP contribution < -0.4 is 5.73 Å². The third-order valence-corrected chi connectivity index (χ3v) is 3.99. The molecular formula is C12H24N2O2. The van der Waals surface area contributed by atoms with Gasteiger partial charge in [-0.1, -0.05) is 0 Å². The van der Waals surface area contributed by atoms with E-state index in [1.807, 2.05) is 0 Å². The van der Waals surface area contributed by atoms with Crippen LogP contribution in [0.15, 0.2) is 0 Å². The number of hydrogen-bond acceptors (Lipinski definition) is 4. The minimum Gasteiger partial charge on any atom is -0.379 e. The molecule has 2 fully saturated rings. The lowest BCUT2D eigenvalue weighted by molar-refractivity contribution is -0.0499. The second-order valence-electron chi connectivity index (χ2n) is 5.10. The average molecular weight is 228 g/mol. The molecule has 4 heteroatoms. The lowest BCUT2D eigenvalue weighted by Gasteiger charge is -2.44. The molecule has 2 rings (SSSR count). The number of hydrogen-bond donors (Lipinski definition) is 1. The van der Waals surface area contributed by atoms with Gasteiger partial charge in [0.1, 0.15) is 0 Å². The van der Waals surface area contributed by atoms with Gasteiger partial charge in [-0.2, -0.15) is 0 Å². The molecule has 0 aromatic carbocycles. The molecule has 2 unspecified atom stereocenters. The quantitative estimate of drug-likeness (QED) is 0.765. The Morgan fingerprint density at radius 3 is 2.81 bits per heavy atom. The van der Waals surface area contributed by atoms with E-state index < -0.39 is 0 Å². The molecule has 0 spiro atoms. The normalized spacial score (nSPS) is 35.8. The maximum Gasteiger partial charge on any atom is 0.0702 e. The maximum atomic E-state index is 5.95. The largest absolute Gasteiger partial charge is 0.379 e. The van der Waals surface area contributed by atoms with E-state index >= 15 is 0 Å². The summed E-state index contributed by atoms with van der Waals surface area (Å²) in [6.07, 6.45) is 5.05. The third kappa shape index (κ3) is 2.56. The highest BCUT2D eigenvalue weighted by Gasteiger charge is 2.36. The van der Waals surface area contributed by atoms with E-state index in [1.54, 1.807) is 0 Å². The SMILES string of the molecule is CN(CC1CCCO1)C1(CN)CCCOC1. The van der Waals surface area contributed by atoms with Gasteiger partial charge in [-0.15, -0.1) is 0 Å². The smallest absolute Gasteiger partial charge is 0.0702 e. The Labute approximate surface area is 98.1 Å². The van der Waals surface area contributed by atoms with Gasteiger partial charge in [0.15, 0.2) is 0 Å². The van der Waals surface area contributed by atoms with Crippen LogP contribution in [0.5, 0.6) is 0 Å². The summed E-state index contributed by atoms with van der Waals surface area (Å²) < 4.78 is 11.3. The Morgan fingerprint density at radius 2 is 2.25 bits per heavy atom. The number of rotatable bonds is 4. The van der Waals surface area contributed by atoms with Gasteiger partial charge in [0.05, 0.1) is 18.2 Å². The van der Waals surface area contributed by atoms with Crippen LogP contribution >= 0.6 is 0 Å². The number of likely N-dealkylation sites (N-methyl/N-ethyl adjacent to an activating group) is 1. The molecule has 0 aliphatic carbocycles. The zero-order chi connectivity index (χ0) is 11.4. The standard InChI is InChI=1S/C12H24N2O2/c1-14(8-11-4-2-7-16-11)12(9-13)5-3-6-15-10-12/h11H,2-10,13H2,1H3. The minimum absolute atomic E-state index is 0.0458. The van der Waals surface area contributed by atoms with Gasteiger partial charge in [0.25, 0.3) is 0 Å². The predicted molar refractivity (Wildman–Crippen MR) is 63.4 cm³/mol. The van der Waals surface area contributed by atoms with Gasteiger partial charge >= 0.3 is 0 Å². The molecule has 2 saturated heterocycles. The fourth-order valence-corrected chi connectivity index (χ4v) is 2.74. The highest BCUT2D eigenvalue weighted by molar-refractivity contribution is 4.93. The van der Waals surface area contributed by atoms with Crippen LogP contribution in [0, 0.1) is 0 Å². The van der Waals surface area contributed by atoms with Crippen molar-refractivity contribution in [2.24, 2.45) is 5.73 Å². The second kappa shape index (κ2) is 5.45. The van der Waals surface area contributed by atoms with Crippen molar-refractivity contribution in [1.82, 2.24) is 4.90 Å². The highest BCUT2D eigenvalue weighted by Crippen LogP contribution is 2.26. The van der Waals surface area contributed by atoms with Crippen LogP contribution in [0.1, 0.15) is 25.7 Å². The molecule has 2 N–H and O–H groups in total. The van der Waals surface area contributed by atoms with Crippen LogP contribution in [0.3, 0.4) is 0 Å². The van der Waals surface area contributed by atoms with E-state index in [9.17, 15) is 0 Å². The molecule has 0 saturated carbocycles. The molecule has 2 aliphatic heterocycles. The molecular weight excluding hydrogens is 204 g/mol. The average Bonchev–Trinajstić information content (AvgIpc) is 2.82. The number of nitrogens with two attached hydrogens (primary N) is 1. The summed E-state index contributed by atoms with van der Waals surface area (Å²) in [5, 5.41) is 0. The molecule has 94 valence electrons. The Morgan fingerprint density at radius 1 is 1.38 bits per heavy atom. The number of ether oxygens (including phenoxy) is 2. The zero-order valence-corrected chi connectivity index (χ0v) is 10.3. The van der Waals surface area contributed by atoms with Crippen LogP contribution in [-0.4, -0.2) is 56.5 Å². The van der Waals surface area contributed by atoms with Gasteiger partial charge in [-0.25, -0.2) is 0 Å². The Hall–Kier alpha value is -0.160. The molecule has 0 radical (unpaired) electrons. The zero-order valence-electron chi connectivity index (χ0n) is 10.3. The van der Waals surface area contributed by atoms with Crippen molar-refractivity contribution in [1.29, 1.82) is 0 Å². The van der Waals surface area contributed by atoms with Gasteiger partial charge in [-0.05, 0) is 32.7 Å². The van der Waals surface area contributed by atoms with Gasteiger partial charge in [-0.3, -0.25) is 4.90 Å². The van der Waals surface area contributed by atoms with Crippen LogP contribution in [0.25, 0.3) is 0 Å². The van der Waals surface area contributed by atoms with E-state index in [2.05, 4.69) is 11.9 Å². The van der Waals surface area contributed by atoms with Crippen molar-refractivity contribution >= 4 is 0 Å². The fraction of sp³-hybridized carbons (Fsp3) is 1.00. The molecule has 0 aromatic rings. The Bertz CT molecular complexity index is 211. The first kappa shape index (κ1) is 12.3. The highest BCUT2D eigenvalue weighted by atomic mass is 16.5. The molecule has 16 heavy (non-hydrogen) atoms. The Kier molecular flexibility index (Phi) is 4.19. The molecule has 4 nitrogen and oxygen atoms in total. The predicted octanol–water partition coefficient (Wildman–Crippen LogP) is 0.605. The number of nitrogens with zero attached hydrogens (tertiary/aromatic N) is 1. The second-order valence-corrected chi connectivity index (χ2v) is 5.10. The monoisotopic (exact) mass is 228 g/mol. The van der Waals surface area contributed by atoms with E-state index in [0.29, 0.717) is 12.6 Å². The van der Waals surface area contributed by atoms with Crippen LogP contribution in [0.2, 0.25) is 0 Å². The van der Waals surface area contributed by atoms with Crippen LogP contribution in [-0.2, 0) is 9.47 Å². The lowest BCUT2D eigenvalue weighted by atomic mass is 9.90. The summed E-state index contributed by atoms with van der Waals surface area (Å²) in [7, 11) is 2.16. The summed E-state index contributed by atoms with van der Waals surface area (Å²) in [5.74, 6) is 0. The van der Waals surface area contributed by atoms with Gasteiger partial charge in [0, 0.05) is 26.3 Å². The molecule has 0 bridgehead atoms. The van der Waals surface area contributed by atoms with Crippen molar-refractivity contribution in [2.45, 2.75) is 37.3 Å². The molecule has 2 atom stereocenters. The van der Waals surface area contributed by atoms with E-state index in [4.69, 9.17) is 15.2 Å². The topological polar surface area (TPSA) is 47.7 Å². The van der Waals surface area contributed by atoms with Gasteiger partial charge < -0.3 is 15.2 Å². The third-order valence-electron chi connectivity index (χ3n) is 3.99. The van der Waals surface area contributed by atoms with Crippen molar-refractivity contribution in [3.8, 4) is 0 Å². The molecule has 0 aromatic heterocycles. The summed E-state index contributed by atoms with van der Waals surface area (Å²) >= 11 is 0. The first-order valence-electron chi connectivity index (χ1n) is 6.37. The van der Waals surface area contributed by atoms with Crippen molar-refractivity contribution < 1.29 is 9.47 Å². The summed E-state index contributed by atoms with van der Waals surface area (Å²) in [5.41, 5.74) is 6.00. The first-order chi connectivity index (χ1) is 7.77. The molecule has 2 aliphatic rings. The molecule has 0 amide bonds. The van der Waals surface area contributed by atoms with Crippen molar-refractivity contribution in [2.75, 3.05) is 40.0 Å². The van der Waals surface area contributed by atoms with Crippen LogP contribution in [0.4, 0.5) is 0 Å². The van der Waals surface area contributed by atoms with Crippen molar-refractivity contribution in [3.63, 3.8) is 0 Å². The summed E-state index contributed by atoms with van der Waals surface area (Å²) in [6.45, 7) is 4.24. The van der Waals surface area contributed by atoms with E-state index in [-0.39, 0.29) is 5.54 Å². The van der Waals surface area contributed by atoms with Crippen molar-refractivity contribution in [3.05, 3.63) is 0 Å². The minimum atomic E-state index is 0.0458. The van der Waals surface area contributed by atoms with Gasteiger partial charge in [0.2, 0.25) is 0 Å². The lowest BCUT2D eigenvalue weighted by Crippen LogP contribution is -2.58. The summed E-state index contributed by atoms with van der Waals surface area (Å²) in [4.78, 5) is 2.36.